The van der Waals surface area contributed by atoms with Gasteiger partial charge in [0.2, 0.25) is 0 Å². The lowest BCUT2D eigenvalue weighted by atomic mass is 9.89. The SMILES string of the molecule is CNCCc1sc(Oc2cccnc2C)c2c1CCC(=CN)C2=S. The van der Waals surface area contributed by atoms with Crippen LogP contribution in [0.3, 0.4) is 0 Å². The Labute approximate surface area is 151 Å². The minimum Gasteiger partial charge on any atom is -0.444 e. The minimum absolute atomic E-state index is 0.772. The number of pyridine rings is 1. The van der Waals surface area contributed by atoms with Crippen molar-refractivity contribution in [3.05, 3.63) is 51.8 Å². The Morgan fingerprint density at radius 3 is 3.00 bits per heavy atom. The molecule has 1 aliphatic rings. The Balaban J connectivity index is 2.04. The van der Waals surface area contributed by atoms with E-state index in [2.05, 4.69) is 10.3 Å². The number of thiocarbonyl (C=S) groups is 1. The summed E-state index contributed by atoms with van der Waals surface area (Å²) in [7, 11) is 1.97. The fourth-order valence-corrected chi connectivity index (χ4v) is 4.53. The molecule has 126 valence electrons. The van der Waals surface area contributed by atoms with Gasteiger partial charge in [-0.25, -0.2) is 0 Å². The van der Waals surface area contributed by atoms with Crippen molar-refractivity contribution in [2.24, 2.45) is 5.73 Å². The monoisotopic (exact) mass is 359 g/mol. The van der Waals surface area contributed by atoms with Crippen LogP contribution in [0.1, 0.15) is 28.1 Å². The van der Waals surface area contributed by atoms with Gasteiger partial charge in [-0.1, -0.05) is 12.2 Å². The van der Waals surface area contributed by atoms with E-state index in [1.165, 1.54) is 10.4 Å². The predicted molar refractivity (Wildman–Crippen MR) is 103 cm³/mol. The molecule has 0 atom stereocenters. The molecule has 3 rings (SSSR count). The number of nitrogens with one attached hydrogen (secondary N) is 1. The third-order valence-electron chi connectivity index (χ3n) is 4.19. The average molecular weight is 360 g/mol. The quantitative estimate of drug-likeness (QED) is 0.632. The summed E-state index contributed by atoms with van der Waals surface area (Å²) in [5, 5.41) is 4.07. The molecule has 1 aliphatic carbocycles. The van der Waals surface area contributed by atoms with Gasteiger partial charge < -0.3 is 15.8 Å². The maximum atomic E-state index is 6.21. The second kappa shape index (κ2) is 7.42. The topological polar surface area (TPSA) is 60.2 Å². The highest BCUT2D eigenvalue weighted by Crippen LogP contribution is 2.44. The molecule has 2 heterocycles. The van der Waals surface area contributed by atoms with Crippen molar-refractivity contribution in [3.8, 4) is 10.8 Å². The Morgan fingerprint density at radius 2 is 2.29 bits per heavy atom. The molecule has 24 heavy (non-hydrogen) atoms. The van der Waals surface area contributed by atoms with E-state index in [1.807, 2.05) is 26.1 Å². The van der Waals surface area contributed by atoms with E-state index in [-0.39, 0.29) is 0 Å². The number of fused-ring (bicyclic) bond motifs is 1. The number of nitrogens with zero attached hydrogens (tertiary/aromatic N) is 1. The first-order valence-corrected chi connectivity index (χ1v) is 9.22. The molecule has 2 aromatic rings. The molecule has 0 saturated carbocycles. The van der Waals surface area contributed by atoms with Crippen LogP contribution in [0.5, 0.6) is 10.8 Å². The van der Waals surface area contributed by atoms with Gasteiger partial charge in [0.05, 0.1) is 16.1 Å². The molecule has 0 bridgehead atoms. The van der Waals surface area contributed by atoms with Crippen LogP contribution in [0.2, 0.25) is 0 Å². The highest BCUT2D eigenvalue weighted by Gasteiger charge is 2.28. The number of ether oxygens (including phenoxy) is 1. The Hall–Kier alpha value is -1.76. The van der Waals surface area contributed by atoms with Crippen LogP contribution < -0.4 is 15.8 Å². The third kappa shape index (κ3) is 3.22. The zero-order chi connectivity index (χ0) is 17.1. The van der Waals surface area contributed by atoms with Crippen LogP contribution >= 0.6 is 23.6 Å². The summed E-state index contributed by atoms with van der Waals surface area (Å²) in [5.41, 5.74) is 10.0. The van der Waals surface area contributed by atoms with E-state index < -0.39 is 0 Å². The normalized spacial score (nSPS) is 15.6. The molecule has 4 nitrogen and oxygen atoms in total. The highest BCUT2D eigenvalue weighted by molar-refractivity contribution is 7.81. The summed E-state index contributed by atoms with van der Waals surface area (Å²) in [6.07, 6.45) is 6.24. The zero-order valence-corrected chi connectivity index (χ0v) is 15.5. The molecule has 0 fully saturated rings. The number of rotatable bonds is 5. The summed E-state index contributed by atoms with van der Waals surface area (Å²) < 4.78 is 6.21. The molecule has 6 heteroatoms. The summed E-state index contributed by atoms with van der Waals surface area (Å²) in [4.78, 5) is 6.46. The van der Waals surface area contributed by atoms with Crippen LogP contribution in [0.4, 0.5) is 0 Å². The Morgan fingerprint density at radius 1 is 1.46 bits per heavy atom. The van der Waals surface area contributed by atoms with Crippen LogP contribution in [0, 0.1) is 6.92 Å². The maximum Gasteiger partial charge on any atom is 0.190 e. The first-order chi connectivity index (χ1) is 11.7. The Kier molecular flexibility index (Phi) is 5.28. The van der Waals surface area contributed by atoms with Crippen molar-refractivity contribution in [2.75, 3.05) is 13.6 Å². The summed E-state index contributed by atoms with van der Waals surface area (Å²) in [6.45, 7) is 2.88. The van der Waals surface area contributed by atoms with Gasteiger partial charge in [0.15, 0.2) is 5.06 Å². The van der Waals surface area contributed by atoms with E-state index in [1.54, 1.807) is 23.7 Å². The van der Waals surface area contributed by atoms with Crippen molar-refractivity contribution in [1.82, 2.24) is 10.3 Å². The fourth-order valence-electron chi connectivity index (χ4n) is 2.86. The Bertz CT molecular complexity index is 796. The number of aryl methyl sites for hydroxylation is 1. The molecule has 0 aliphatic heterocycles. The number of hydrogen-bond acceptors (Lipinski definition) is 6. The molecular formula is C18H21N3OS2. The van der Waals surface area contributed by atoms with Crippen molar-refractivity contribution >= 4 is 28.4 Å². The standard InChI is InChI=1S/C18H21N3OS2/c1-11-14(4-3-8-21-11)22-18-16-13(15(24-18)7-9-20-2)6-5-12(10-19)17(16)23/h3-4,8,10,20H,5-7,9,19H2,1-2H3. The summed E-state index contributed by atoms with van der Waals surface area (Å²) in [6, 6.07) is 3.82. The van der Waals surface area contributed by atoms with E-state index in [4.69, 9.17) is 22.7 Å². The number of nitrogens with two attached hydrogens (primary N) is 1. The van der Waals surface area contributed by atoms with Gasteiger partial charge in [-0.15, -0.1) is 11.3 Å². The molecular weight excluding hydrogens is 338 g/mol. The van der Waals surface area contributed by atoms with E-state index in [9.17, 15) is 0 Å². The maximum absolute atomic E-state index is 6.21. The van der Waals surface area contributed by atoms with Crippen molar-refractivity contribution in [3.63, 3.8) is 0 Å². The van der Waals surface area contributed by atoms with Gasteiger partial charge in [-0.05, 0) is 69.2 Å². The molecule has 0 amide bonds. The highest BCUT2D eigenvalue weighted by atomic mass is 32.1. The second-order valence-electron chi connectivity index (χ2n) is 5.73. The molecule has 2 aromatic heterocycles. The predicted octanol–water partition coefficient (Wildman–Crippen LogP) is 3.51. The zero-order valence-electron chi connectivity index (χ0n) is 13.9. The van der Waals surface area contributed by atoms with Crippen molar-refractivity contribution < 1.29 is 4.74 Å². The lowest BCUT2D eigenvalue weighted by Gasteiger charge is -2.18. The average Bonchev–Trinajstić information content (AvgIpc) is 2.94. The lowest BCUT2D eigenvalue weighted by Crippen LogP contribution is -2.16. The molecule has 0 aromatic carbocycles. The number of aromatic nitrogens is 1. The van der Waals surface area contributed by atoms with Crippen LogP contribution in [0.15, 0.2) is 30.1 Å². The smallest absolute Gasteiger partial charge is 0.190 e. The number of thiophene rings is 1. The van der Waals surface area contributed by atoms with Crippen LogP contribution in [0.25, 0.3) is 0 Å². The number of hydrogen-bond donors (Lipinski definition) is 2. The van der Waals surface area contributed by atoms with Crippen molar-refractivity contribution in [2.45, 2.75) is 26.2 Å². The third-order valence-corrected chi connectivity index (χ3v) is 5.82. The number of likely N-dealkylation sites (N-methyl/N-ethyl adjacent to an activating group) is 1. The van der Waals surface area contributed by atoms with Gasteiger partial charge in [0, 0.05) is 11.1 Å². The molecule has 0 spiro atoms. The molecule has 0 unspecified atom stereocenters. The van der Waals surface area contributed by atoms with Gasteiger partial charge in [0.1, 0.15) is 5.75 Å². The fraction of sp³-hybridized carbons (Fsp3) is 0.333. The van der Waals surface area contributed by atoms with Gasteiger partial charge in [-0.3, -0.25) is 4.98 Å². The van der Waals surface area contributed by atoms with E-state index >= 15 is 0 Å². The number of allylic oxidation sites excluding steroid dienone is 1. The lowest BCUT2D eigenvalue weighted by molar-refractivity contribution is 0.488. The van der Waals surface area contributed by atoms with Gasteiger partial charge >= 0.3 is 0 Å². The van der Waals surface area contributed by atoms with Crippen LogP contribution in [-0.4, -0.2) is 23.4 Å². The first-order valence-electron chi connectivity index (χ1n) is 7.99. The molecule has 0 radical (unpaired) electrons. The summed E-state index contributed by atoms with van der Waals surface area (Å²) >= 11 is 7.38. The van der Waals surface area contributed by atoms with Gasteiger partial charge in [-0.2, -0.15) is 0 Å². The van der Waals surface area contributed by atoms with Crippen molar-refractivity contribution in [1.29, 1.82) is 0 Å². The molecule has 0 saturated heterocycles. The van der Waals surface area contributed by atoms with Gasteiger partial charge in [0.25, 0.3) is 0 Å². The van der Waals surface area contributed by atoms with Crippen LogP contribution in [-0.2, 0) is 12.8 Å². The summed E-state index contributed by atoms with van der Waals surface area (Å²) in [5.74, 6) is 0.772. The largest absolute Gasteiger partial charge is 0.444 e. The van der Waals surface area contributed by atoms with E-state index in [0.717, 1.165) is 58.3 Å². The minimum atomic E-state index is 0.772. The molecule has 3 N–H and O–H groups in total. The second-order valence-corrected chi connectivity index (χ2v) is 7.21. The first kappa shape index (κ1) is 17.1. The van der Waals surface area contributed by atoms with E-state index in [0.29, 0.717) is 0 Å².